The van der Waals surface area contributed by atoms with Gasteiger partial charge in [-0.1, -0.05) is 48.5 Å². The molecule has 0 spiro atoms. The van der Waals surface area contributed by atoms with Crippen molar-refractivity contribution in [2.24, 2.45) is 0 Å². The highest BCUT2D eigenvalue weighted by Crippen LogP contribution is 2.23. The van der Waals surface area contributed by atoms with Gasteiger partial charge in [-0.15, -0.1) is 0 Å². The van der Waals surface area contributed by atoms with Crippen molar-refractivity contribution >= 4 is 16.6 Å². The molecule has 1 saturated heterocycles. The lowest BCUT2D eigenvalue weighted by Gasteiger charge is -2.16. The van der Waals surface area contributed by atoms with Gasteiger partial charge in [0.1, 0.15) is 0 Å². The average Bonchev–Trinajstić information content (AvgIpc) is 3.17. The summed E-state index contributed by atoms with van der Waals surface area (Å²) in [4.78, 5) is 12.7. The number of nitrogens with zero attached hydrogens (tertiary/aromatic N) is 1. The Bertz CT molecular complexity index is 912. The van der Waals surface area contributed by atoms with E-state index < -0.39 is 0 Å². The third kappa shape index (κ3) is 3.44. The van der Waals surface area contributed by atoms with E-state index in [1.54, 1.807) is 6.07 Å². The lowest BCUT2D eigenvalue weighted by atomic mass is 10.1. The summed E-state index contributed by atoms with van der Waals surface area (Å²) in [5.41, 5.74) is 2.97. The van der Waals surface area contributed by atoms with E-state index >= 15 is 0 Å². The molecule has 0 amide bonds. The lowest BCUT2D eigenvalue weighted by Crippen LogP contribution is -2.23. The average molecular weight is 334 g/mol. The molecular formula is C21H22N2O2. The zero-order valence-electron chi connectivity index (χ0n) is 14.2. The third-order valence-electron chi connectivity index (χ3n) is 4.75. The lowest BCUT2D eigenvalue weighted by molar-refractivity contribution is 0.120. The molecule has 25 heavy (non-hydrogen) atoms. The van der Waals surface area contributed by atoms with Crippen molar-refractivity contribution in [3.8, 4) is 0 Å². The summed E-state index contributed by atoms with van der Waals surface area (Å²) in [6, 6.07) is 19.9. The normalized spacial score (nSPS) is 17.0. The van der Waals surface area contributed by atoms with Crippen molar-refractivity contribution in [2.75, 3.05) is 18.5 Å². The molecule has 1 aliphatic rings. The second kappa shape index (κ2) is 7.11. The first-order valence-electron chi connectivity index (χ1n) is 8.83. The van der Waals surface area contributed by atoms with Crippen LogP contribution < -0.4 is 10.9 Å². The molecule has 1 atom stereocenters. The monoisotopic (exact) mass is 334 g/mol. The Hall–Kier alpha value is -2.59. The minimum absolute atomic E-state index is 0.0115. The Kier molecular flexibility index (Phi) is 4.53. The molecule has 128 valence electrons. The molecule has 4 rings (SSSR count). The van der Waals surface area contributed by atoms with Gasteiger partial charge in [-0.25, -0.2) is 0 Å². The number of ether oxygens (including phenoxy) is 1. The zero-order chi connectivity index (χ0) is 17.1. The van der Waals surface area contributed by atoms with Crippen LogP contribution in [0.5, 0.6) is 0 Å². The van der Waals surface area contributed by atoms with Crippen molar-refractivity contribution in [3.63, 3.8) is 0 Å². The van der Waals surface area contributed by atoms with Crippen molar-refractivity contribution in [2.45, 2.75) is 25.5 Å². The molecule has 4 nitrogen and oxygen atoms in total. The van der Waals surface area contributed by atoms with Crippen LogP contribution in [-0.4, -0.2) is 23.8 Å². The fourth-order valence-electron chi connectivity index (χ4n) is 3.44. The highest BCUT2D eigenvalue weighted by atomic mass is 16.5. The summed E-state index contributed by atoms with van der Waals surface area (Å²) in [6.45, 7) is 2.16. The van der Waals surface area contributed by atoms with Gasteiger partial charge in [0.05, 0.1) is 18.2 Å². The Morgan fingerprint density at radius 3 is 2.68 bits per heavy atom. The molecule has 1 aromatic heterocycles. The van der Waals surface area contributed by atoms with E-state index in [1.165, 1.54) is 0 Å². The summed E-state index contributed by atoms with van der Waals surface area (Å²) >= 11 is 0. The van der Waals surface area contributed by atoms with Crippen LogP contribution >= 0.6 is 0 Å². The zero-order valence-corrected chi connectivity index (χ0v) is 14.2. The minimum atomic E-state index is 0.0115. The van der Waals surface area contributed by atoms with Crippen LogP contribution in [0.25, 0.3) is 10.9 Å². The molecule has 3 aromatic rings. The van der Waals surface area contributed by atoms with E-state index in [0.717, 1.165) is 48.1 Å². The number of para-hydroxylation sites is 1. The molecule has 4 heteroatoms. The molecular weight excluding hydrogens is 312 g/mol. The largest absolute Gasteiger partial charge is 0.382 e. The van der Waals surface area contributed by atoms with E-state index in [2.05, 4.69) is 11.4 Å². The number of fused-ring (bicyclic) bond motifs is 1. The van der Waals surface area contributed by atoms with Gasteiger partial charge in [0.25, 0.3) is 5.56 Å². The number of hydrogen-bond donors (Lipinski definition) is 1. The molecule has 2 aromatic carbocycles. The standard InChI is InChI=1S/C21H22N2O2/c24-21-13-19(22-14-17-9-6-12-25-17)18-10-4-5-11-20(18)23(21)15-16-7-2-1-3-8-16/h1-5,7-8,10-11,13,17,22H,6,9,12,14-15H2. The maximum Gasteiger partial charge on any atom is 0.253 e. The predicted octanol–water partition coefficient (Wildman–Crippen LogP) is 3.64. The smallest absolute Gasteiger partial charge is 0.253 e. The summed E-state index contributed by atoms with van der Waals surface area (Å²) < 4.78 is 7.51. The molecule has 0 radical (unpaired) electrons. The second-order valence-electron chi connectivity index (χ2n) is 6.50. The van der Waals surface area contributed by atoms with E-state index in [1.807, 2.05) is 53.1 Å². The minimum Gasteiger partial charge on any atom is -0.382 e. The molecule has 2 heterocycles. The summed E-state index contributed by atoms with van der Waals surface area (Å²) in [5, 5.41) is 4.49. The SMILES string of the molecule is O=c1cc(NCC2CCCO2)c2ccccc2n1Cc1ccccc1. The first-order chi connectivity index (χ1) is 12.3. The van der Waals surface area contributed by atoms with Crippen molar-refractivity contribution in [1.29, 1.82) is 0 Å². The highest BCUT2D eigenvalue weighted by molar-refractivity contribution is 5.91. The van der Waals surface area contributed by atoms with Gasteiger partial charge in [0.15, 0.2) is 0 Å². The summed E-state index contributed by atoms with van der Waals surface area (Å²) in [6.07, 6.45) is 2.44. The van der Waals surface area contributed by atoms with Crippen LogP contribution in [0.3, 0.4) is 0 Å². The summed E-state index contributed by atoms with van der Waals surface area (Å²) in [5.74, 6) is 0. The predicted molar refractivity (Wildman–Crippen MR) is 101 cm³/mol. The molecule has 0 aliphatic carbocycles. The molecule has 0 saturated carbocycles. The fourth-order valence-corrected chi connectivity index (χ4v) is 3.44. The second-order valence-corrected chi connectivity index (χ2v) is 6.50. The van der Waals surface area contributed by atoms with E-state index in [4.69, 9.17) is 4.74 Å². The quantitative estimate of drug-likeness (QED) is 0.775. The molecule has 1 aliphatic heterocycles. The van der Waals surface area contributed by atoms with E-state index in [-0.39, 0.29) is 11.7 Å². The van der Waals surface area contributed by atoms with Crippen LogP contribution in [0, 0.1) is 0 Å². The Morgan fingerprint density at radius 2 is 1.88 bits per heavy atom. The molecule has 1 fully saturated rings. The third-order valence-corrected chi connectivity index (χ3v) is 4.75. The fraction of sp³-hybridized carbons (Fsp3) is 0.286. The van der Waals surface area contributed by atoms with Crippen molar-refractivity contribution < 1.29 is 4.74 Å². The number of rotatable bonds is 5. The van der Waals surface area contributed by atoms with Gasteiger partial charge in [-0.05, 0) is 24.5 Å². The van der Waals surface area contributed by atoms with Gasteiger partial charge < -0.3 is 14.6 Å². The molecule has 1 N–H and O–H groups in total. The Labute approximate surface area is 147 Å². The van der Waals surface area contributed by atoms with Crippen molar-refractivity contribution in [3.05, 3.63) is 76.6 Å². The number of benzene rings is 2. The van der Waals surface area contributed by atoms with Crippen molar-refractivity contribution in [1.82, 2.24) is 4.57 Å². The maximum absolute atomic E-state index is 12.7. The van der Waals surface area contributed by atoms with Gasteiger partial charge in [0.2, 0.25) is 0 Å². The Morgan fingerprint density at radius 1 is 1.08 bits per heavy atom. The van der Waals surface area contributed by atoms with Gasteiger partial charge in [-0.3, -0.25) is 4.79 Å². The Balaban J connectivity index is 1.69. The van der Waals surface area contributed by atoms with Gasteiger partial charge in [0, 0.05) is 30.3 Å². The van der Waals surface area contributed by atoms with Gasteiger partial charge in [-0.2, -0.15) is 0 Å². The van der Waals surface area contributed by atoms with Crippen LogP contribution in [0.4, 0.5) is 5.69 Å². The van der Waals surface area contributed by atoms with Crippen LogP contribution in [-0.2, 0) is 11.3 Å². The highest BCUT2D eigenvalue weighted by Gasteiger charge is 2.16. The summed E-state index contributed by atoms with van der Waals surface area (Å²) in [7, 11) is 0. The van der Waals surface area contributed by atoms with E-state index in [0.29, 0.717) is 6.54 Å². The number of hydrogen-bond acceptors (Lipinski definition) is 3. The number of pyridine rings is 1. The molecule has 1 unspecified atom stereocenters. The number of aromatic nitrogens is 1. The number of nitrogens with one attached hydrogen (secondary N) is 1. The first kappa shape index (κ1) is 15.9. The van der Waals surface area contributed by atoms with Gasteiger partial charge >= 0.3 is 0 Å². The maximum atomic E-state index is 12.7. The molecule has 0 bridgehead atoms. The van der Waals surface area contributed by atoms with Crippen LogP contribution in [0.2, 0.25) is 0 Å². The van der Waals surface area contributed by atoms with E-state index in [9.17, 15) is 4.79 Å². The first-order valence-corrected chi connectivity index (χ1v) is 8.83. The van der Waals surface area contributed by atoms with Crippen LogP contribution in [0.15, 0.2) is 65.5 Å². The topological polar surface area (TPSA) is 43.3 Å². The number of anilines is 1. The van der Waals surface area contributed by atoms with Crippen LogP contribution in [0.1, 0.15) is 18.4 Å².